The fraction of sp³-hybridized carbons (Fsp3) is 0.833. The molecule has 4 nitrogen and oxygen atoms in total. The fourth-order valence-electron chi connectivity index (χ4n) is 3.59. The molecular weight excluding hydrogens is 280 g/mol. The van der Waals surface area contributed by atoms with Gasteiger partial charge in [0, 0.05) is 25.7 Å². The zero-order valence-electron chi connectivity index (χ0n) is 10.5. The first-order valence-corrected chi connectivity index (χ1v) is 6.54. The molecule has 0 aromatic carbocycles. The Balaban J connectivity index is 1.75. The Morgan fingerprint density at radius 3 is 1.70 bits per heavy atom. The molecule has 0 spiro atoms. The van der Waals surface area contributed by atoms with E-state index in [4.69, 9.17) is 0 Å². The van der Waals surface area contributed by atoms with Crippen LogP contribution < -0.4 is 10.6 Å². The average molecular weight is 294 g/mol. The van der Waals surface area contributed by atoms with Crippen molar-refractivity contribution in [3.63, 3.8) is 0 Å². The van der Waals surface area contributed by atoms with Gasteiger partial charge < -0.3 is 5.32 Å². The summed E-state index contributed by atoms with van der Waals surface area (Å²) in [5.74, 6) is -7.81. The molecule has 2 saturated carbocycles. The Kier molecular flexibility index (Phi) is 2.78. The third-order valence-corrected chi connectivity index (χ3v) is 4.52. The predicted molar refractivity (Wildman–Crippen MR) is 59.3 cm³/mol. The molecule has 3 rings (SSSR count). The molecule has 1 heterocycles. The lowest BCUT2D eigenvalue weighted by molar-refractivity contribution is -0.177. The first kappa shape index (κ1) is 13.6. The van der Waals surface area contributed by atoms with Gasteiger partial charge in [-0.15, -0.1) is 0 Å². The molecule has 1 saturated heterocycles. The normalized spacial score (nSPS) is 32.5. The van der Waals surface area contributed by atoms with E-state index < -0.39 is 73.3 Å². The molecule has 3 amide bonds. The number of urea groups is 1. The lowest BCUT2D eigenvalue weighted by Gasteiger charge is -2.49. The van der Waals surface area contributed by atoms with E-state index in [0.717, 1.165) is 0 Å². The van der Waals surface area contributed by atoms with Crippen molar-refractivity contribution in [2.45, 2.75) is 43.6 Å². The second-order valence-electron chi connectivity index (χ2n) is 6.07. The highest BCUT2D eigenvalue weighted by Gasteiger charge is 2.59. The van der Waals surface area contributed by atoms with Crippen LogP contribution in [0.5, 0.6) is 0 Å². The Morgan fingerprint density at radius 1 is 0.950 bits per heavy atom. The van der Waals surface area contributed by atoms with Crippen molar-refractivity contribution in [3.05, 3.63) is 0 Å². The smallest absolute Gasteiger partial charge is 0.322 e. The van der Waals surface area contributed by atoms with E-state index in [2.05, 4.69) is 5.32 Å². The van der Waals surface area contributed by atoms with Gasteiger partial charge in [0.25, 0.3) is 5.91 Å². The number of hydrogen-bond donors (Lipinski definition) is 2. The molecule has 1 unspecified atom stereocenters. The summed E-state index contributed by atoms with van der Waals surface area (Å²) in [6.07, 6.45) is -1.61. The van der Waals surface area contributed by atoms with E-state index in [1.54, 1.807) is 0 Å². The third kappa shape index (κ3) is 2.25. The second kappa shape index (κ2) is 4.08. The molecule has 3 fully saturated rings. The summed E-state index contributed by atoms with van der Waals surface area (Å²) in [6.45, 7) is 0. The molecule has 0 aromatic rings. The van der Waals surface area contributed by atoms with Crippen LogP contribution in [0.1, 0.15) is 25.7 Å². The van der Waals surface area contributed by atoms with E-state index in [1.165, 1.54) is 0 Å². The van der Waals surface area contributed by atoms with Crippen LogP contribution in [-0.4, -0.2) is 29.8 Å². The molecule has 8 heteroatoms. The maximum atomic E-state index is 13.0. The second-order valence-corrected chi connectivity index (χ2v) is 6.07. The van der Waals surface area contributed by atoms with Gasteiger partial charge in [0.1, 0.15) is 6.04 Å². The Bertz CT molecular complexity index is 428. The van der Waals surface area contributed by atoms with E-state index in [1.807, 2.05) is 5.32 Å². The topological polar surface area (TPSA) is 58.2 Å². The first-order chi connectivity index (χ1) is 9.17. The zero-order valence-corrected chi connectivity index (χ0v) is 10.5. The number of hydrogen-bond acceptors (Lipinski definition) is 2. The molecule has 1 atom stereocenters. The molecule has 0 aromatic heterocycles. The highest BCUT2D eigenvalue weighted by molar-refractivity contribution is 6.04. The van der Waals surface area contributed by atoms with Gasteiger partial charge in [0.2, 0.25) is 11.8 Å². The molecule has 2 aliphatic carbocycles. The van der Waals surface area contributed by atoms with Crippen LogP contribution in [0.3, 0.4) is 0 Å². The maximum absolute atomic E-state index is 13.0. The van der Waals surface area contributed by atoms with Crippen molar-refractivity contribution in [2.75, 3.05) is 0 Å². The Hall–Kier alpha value is -1.34. The Labute approximate surface area is 112 Å². The SMILES string of the molecule is O=C1NC(=O)C(C(C2CC(F)(F)C2)C2CC(F)(F)C2)N1. The highest BCUT2D eigenvalue weighted by atomic mass is 19.3. The quantitative estimate of drug-likeness (QED) is 0.617. The average Bonchev–Trinajstić information content (AvgIpc) is 2.53. The van der Waals surface area contributed by atoms with Crippen molar-refractivity contribution in [1.82, 2.24) is 10.6 Å². The van der Waals surface area contributed by atoms with Crippen LogP contribution in [-0.2, 0) is 4.79 Å². The molecule has 2 N–H and O–H groups in total. The predicted octanol–water partition coefficient (Wildman–Crippen LogP) is 1.90. The van der Waals surface area contributed by atoms with Crippen molar-refractivity contribution >= 4 is 11.9 Å². The summed E-state index contributed by atoms with van der Waals surface area (Å²) in [5.41, 5.74) is 0. The minimum absolute atomic E-state index is 0.403. The standard InChI is InChI=1S/C12H14F4N2O2/c13-11(14)1-5(2-11)7(6-3-12(15,16)4-6)8-9(19)18-10(20)17-8/h5-8H,1-4H2,(H2,17,18,19,20). The number of carbonyl (C=O) groups is 2. The molecule has 0 radical (unpaired) electrons. The Morgan fingerprint density at radius 2 is 1.40 bits per heavy atom. The van der Waals surface area contributed by atoms with Crippen molar-refractivity contribution < 1.29 is 27.2 Å². The molecule has 20 heavy (non-hydrogen) atoms. The van der Waals surface area contributed by atoms with Crippen LogP contribution in [0.2, 0.25) is 0 Å². The van der Waals surface area contributed by atoms with Crippen molar-refractivity contribution in [2.24, 2.45) is 17.8 Å². The molecule has 0 bridgehead atoms. The first-order valence-electron chi connectivity index (χ1n) is 6.54. The van der Waals surface area contributed by atoms with E-state index in [9.17, 15) is 27.2 Å². The van der Waals surface area contributed by atoms with Gasteiger partial charge in [0.05, 0.1) is 0 Å². The van der Waals surface area contributed by atoms with E-state index >= 15 is 0 Å². The maximum Gasteiger partial charge on any atom is 0.322 e. The van der Waals surface area contributed by atoms with Gasteiger partial charge in [-0.25, -0.2) is 22.4 Å². The van der Waals surface area contributed by atoms with Gasteiger partial charge in [-0.2, -0.15) is 0 Å². The number of imide groups is 1. The van der Waals surface area contributed by atoms with Gasteiger partial charge in [0.15, 0.2) is 0 Å². The van der Waals surface area contributed by atoms with Crippen LogP contribution >= 0.6 is 0 Å². The minimum atomic E-state index is -2.78. The number of halogens is 4. The molecule has 112 valence electrons. The van der Waals surface area contributed by atoms with Crippen LogP contribution in [0.15, 0.2) is 0 Å². The van der Waals surface area contributed by atoms with Gasteiger partial charge >= 0.3 is 6.03 Å². The third-order valence-electron chi connectivity index (χ3n) is 4.52. The van der Waals surface area contributed by atoms with Crippen molar-refractivity contribution in [1.29, 1.82) is 0 Å². The largest absolute Gasteiger partial charge is 0.326 e. The number of amides is 3. The fourth-order valence-corrected chi connectivity index (χ4v) is 3.59. The number of nitrogens with one attached hydrogen (secondary N) is 2. The van der Waals surface area contributed by atoms with Crippen LogP contribution in [0, 0.1) is 17.8 Å². The lowest BCUT2D eigenvalue weighted by Crippen LogP contribution is -2.55. The molecular formula is C12H14F4N2O2. The minimum Gasteiger partial charge on any atom is -0.326 e. The van der Waals surface area contributed by atoms with E-state index in [-0.39, 0.29) is 0 Å². The molecule has 1 aliphatic heterocycles. The number of alkyl halides is 4. The summed E-state index contributed by atoms with van der Waals surface area (Å²) < 4.78 is 52.0. The number of carbonyl (C=O) groups excluding carboxylic acids is 2. The van der Waals surface area contributed by atoms with Crippen LogP contribution in [0.4, 0.5) is 22.4 Å². The monoisotopic (exact) mass is 294 g/mol. The summed E-state index contributed by atoms with van der Waals surface area (Å²) in [5, 5.41) is 4.40. The van der Waals surface area contributed by atoms with Crippen LogP contribution in [0.25, 0.3) is 0 Å². The molecule has 3 aliphatic rings. The lowest BCUT2D eigenvalue weighted by atomic mass is 9.60. The van der Waals surface area contributed by atoms with E-state index in [0.29, 0.717) is 0 Å². The van der Waals surface area contributed by atoms with Crippen molar-refractivity contribution in [3.8, 4) is 0 Å². The summed E-state index contributed by atoms with van der Waals surface area (Å²) in [4.78, 5) is 22.8. The number of rotatable bonds is 3. The summed E-state index contributed by atoms with van der Waals surface area (Å²) >= 11 is 0. The summed E-state index contributed by atoms with van der Waals surface area (Å²) in [7, 11) is 0. The van der Waals surface area contributed by atoms with Gasteiger partial charge in [-0.05, 0) is 17.8 Å². The highest BCUT2D eigenvalue weighted by Crippen LogP contribution is 2.55. The van der Waals surface area contributed by atoms with Gasteiger partial charge in [-0.1, -0.05) is 0 Å². The summed E-state index contributed by atoms with van der Waals surface area (Å²) in [6, 6.07) is -1.66. The zero-order chi connectivity index (χ0) is 14.7. The van der Waals surface area contributed by atoms with Gasteiger partial charge in [-0.3, -0.25) is 10.1 Å².